The summed E-state index contributed by atoms with van der Waals surface area (Å²) in [7, 11) is 1.52. The van der Waals surface area contributed by atoms with E-state index in [1.807, 2.05) is 0 Å². The zero-order valence-electron chi connectivity index (χ0n) is 14.6. The van der Waals surface area contributed by atoms with E-state index in [1.165, 1.54) is 7.11 Å². The quantitative estimate of drug-likeness (QED) is 0.767. The minimum atomic E-state index is -0.663. The molecule has 2 aliphatic heterocycles. The van der Waals surface area contributed by atoms with Gasteiger partial charge in [0.05, 0.1) is 29.9 Å². The third-order valence-corrected chi connectivity index (χ3v) is 4.72. The van der Waals surface area contributed by atoms with Crippen molar-refractivity contribution in [2.24, 2.45) is 0 Å². The molecule has 7 nitrogen and oxygen atoms in total. The largest absolute Gasteiger partial charge is 0.495 e. The highest BCUT2D eigenvalue weighted by molar-refractivity contribution is 6.32. The third-order valence-electron chi connectivity index (χ3n) is 4.42. The summed E-state index contributed by atoms with van der Waals surface area (Å²) in [5.74, 6) is 0.0151. The number of hydrogen-bond donors (Lipinski definition) is 2. The molecule has 0 aliphatic carbocycles. The van der Waals surface area contributed by atoms with Gasteiger partial charge in [0.2, 0.25) is 0 Å². The van der Waals surface area contributed by atoms with E-state index >= 15 is 0 Å². The van der Waals surface area contributed by atoms with Crippen molar-refractivity contribution in [3.63, 3.8) is 0 Å². The van der Waals surface area contributed by atoms with Gasteiger partial charge >= 0.3 is 12.0 Å². The number of carbonyl (C=O) groups excluding carboxylic acids is 2. The van der Waals surface area contributed by atoms with Crippen LogP contribution >= 0.6 is 11.6 Å². The molecule has 0 unspecified atom stereocenters. The number of carbonyl (C=O) groups is 2. The second kappa shape index (κ2) is 7.97. The highest BCUT2D eigenvalue weighted by Gasteiger charge is 2.33. The monoisotopic (exact) mass is 380 g/mol. The molecule has 0 radical (unpaired) electrons. The molecular formula is C18H21ClN2O5. The van der Waals surface area contributed by atoms with Crippen molar-refractivity contribution in [3.05, 3.63) is 40.1 Å². The fraction of sp³-hybridized carbons (Fsp3) is 0.444. The molecule has 0 aromatic heterocycles. The Kier molecular flexibility index (Phi) is 5.68. The van der Waals surface area contributed by atoms with Crippen LogP contribution in [0.1, 0.15) is 31.4 Å². The van der Waals surface area contributed by atoms with Gasteiger partial charge in [0.15, 0.2) is 0 Å². The molecule has 2 aliphatic rings. The first-order valence-electron chi connectivity index (χ1n) is 8.40. The maximum Gasteiger partial charge on any atom is 0.338 e. The molecule has 2 atom stereocenters. The number of hydrogen-bond acceptors (Lipinski definition) is 5. The first kappa shape index (κ1) is 18.5. The van der Waals surface area contributed by atoms with E-state index < -0.39 is 18.0 Å². The zero-order valence-corrected chi connectivity index (χ0v) is 15.4. The maximum atomic E-state index is 12.7. The molecule has 2 heterocycles. The van der Waals surface area contributed by atoms with Crippen molar-refractivity contribution >= 4 is 23.6 Å². The average Bonchev–Trinajstić information content (AvgIpc) is 3.12. The lowest BCUT2D eigenvalue weighted by Gasteiger charge is -2.28. The van der Waals surface area contributed by atoms with Gasteiger partial charge in [-0.25, -0.2) is 9.59 Å². The van der Waals surface area contributed by atoms with E-state index in [2.05, 4.69) is 10.6 Å². The van der Waals surface area contributed by atoms with Crippen molar-refractivity contribution in [2.75, 3.05) is 20.3 Å². The first-order valence-corrected chi connectivity index (χ1v) is 8.78. The van der Waals surface area contributed by atoms with Gasteiger partial charge in [-0.15, -0.1) is 0 Å². The number of urea groups is 1. The Morgan fingerprint density at radius 1 is 1.42 bits per heavy atom. The molecule has 2 amide bonds. The second-order valence-corrected chi connectivity index (χ2v) is 6.60. The lowest BCUT2D eigenvalue weighted by Crippen LogP contribution is -2.45. The summed E-state index contributed by atoms with van der Waals surface area (Å²) in [6, 6.07) is 4.05. The van der Waals surface area contributed by atoms with Gasteiger partial charge in [-0.05, 0) is 37.5 Å². The smallest absolute Gasteiger partial charge is 0.338 e. The van der Waals surface area contributed by atoms with Crippen molar-refractivity contribution in [1.29, 1.82) is 0 Å². The topological polar surface area (TPSA) is 85.9 Å². The van der Waals surface area contributed by atoms with E-state index in [1.54, 1.807) is 25.1 Å². The Balaban J connectivity index is 1.84. The van der Waals surface area contributed by atoms with Crippen LogP contribution in [0.15, 0.2) is 29.5 Å². The van der Waals surface area contributed by atoms with E-state index in [0.29, 0.717) is 34.2 Å². The van der Waals surface area contributed by atoms with Crippen LogP contribution in [-0.4, -0.2) is 38.4 Å². The van der Waals surface area contributed by atoms with Gasteiger partial charge in [-0.2, -0.15) is 0 Å². The fourth-order valence-electron chi connectivity index (χ4n) is 3.10. The van der Waals surface area contributed by atoms with Gasteiger partial charge in [0.25, 0.3) is 0 Å². The van der Waals surface area contributed by atoms with Gasteiger partial charge < -0.3 is 24.8 Å². The summed E-state index contributed by atoms with van der Waals surface area (Å²) in [5.41, 5.74) is 1.45. The van der Waals surface area contributed by atoms with Crippen LogP contribution in [0.5, 0.6) is 5.75 Å². The van der Waals surface area contributed by atoms with Gasteiger partial charge in [-0.1, -0.05) is 17.7 Å². The number of amides is 2. The molecule has 1 saturated heterocycles. The maximum absolute atomic E-state index is 12.7. The summed E-state index contributed by atoms with van der Waals surface area (Å²) in [6.07, 6.45) is 1.77. The molecule has 2 N–H and O–H groups in total. The van der Waals surface area contributed by atoms with Crippen LogP contribution in [0.3, 0.4) is 0 Å². The Morgan fingerprint density at radius 3 is 2.88 bits per heavy atom. The molecule has 1 aromatic carbocycles. The van der Waals surface area contributed by atoms with Gasteiger partial charge in [0.1, 0.15) is 12.4 Å². The number of halogens is 1. The molecule has 0 bridgehead atoms. The Hall–Kier alpha value is -2.25. The highest BCUT2D eigenvalue weighted by atomic mass is 35.5. The Labute approximate surface area is 156 Å². The fourth-order valence-corrected chi connectivity index (χ4v) is 3.36. The average molecular weight is 381 g/mol. The second-order valence-electron chi connectivity index (χ2n) is 6.20. The minimum absolute atomic E-state index is 0.0696. The SMILES string of the molecule is COc1ccc([C@@H]2NC(=O)NC(C)=C2C(=O)OC[C@@H]2CCCO2)cc1Cl. The van der Waals surface area contributed by atoms with Gasteiger partial charge in [0, 0.05) is 12.3 Å². The molecule has 8 heteroatoms. The van der Waals surface area contributed by atoms with Crippen LogP contribution in [0.25, 0.3) is 0 Å². The van der Waals surface area contributed by atoms with E-state index in [0.717, 1.165) is 12.8 Å². The van der Waals surface area contributed by atoms with Crippen LogP contribution in [-0.2, 0) is 14.3 Å². The van der Waals surface area contributed by atoms with Crippen molar-refractivity contribution < 1.29 is 23.8 Å². The molecule has 26 heavy (non-hydrogen) atoms. The lowest BCUT2D eigenvalue weighted by molar-refractivity contribution is -0.142. The summed E-state index contributed by atoms with van der Waals surface area (Å²) in [4.78, 5) is 24.6. The number of nitrogens with one attached hydrogen (secondary N) is 2. The number of rotatable bonds is 5. The summed E-state index contributed by atoms with van der Waals surface area (Å²) < 4.78 is 16.1. The molecular weight excluding hydrogens is 360 g/mol. The minimum Gasteiger partial charge on any atom is -0.495 e. The highest BCUT2D eigenvalue weighted by Crippen LogP contribution is 2.33. The third kappa shape index (κ3) is 3.94. The Morgan fingerprint density at radius 2 is 2.23 bits per heavy atom. The molecule has 140 valence electrons. The van der Waals surface area contributed by atoms with Crippen molar-refractivity contribution in [2.45, 2.75) is 31.9 Å². The number of esters is 1. The molecule has 0 spiro atoms. The van der Waals surface area contributed by atoms with Crippen LogP contribution < -0.4 is 15.4 Å². The van der Waals surface area contributed by atoms with Gasteiger partial charge in [-0.3, -0.25) is 0 Å². The van der Waals surface area contributed by atoms with Crippen LogP contribution in [0, 0.1) is 0 Å². The lowest BCUT2D eigenvalue weighted by atomic mass is 9.95. The number of methoxy groups -OCH3 is 1. The van der Waals surface area contributed by atoms with E-state index in [-0.39, 0.29) is 12.7 Å². The predicted molar refractivity (Wildman–Crippen MR) is 95.0 cm³/mol. The molecule has 1 aromatic rings. The van der Waals surface area contributed by atoms with Crippen LogP contribution in [0.2, 0.25) is 5.02 Å². The summed E-state index contributed by atoms with van der Waals surface area (Å²) >= 11 is 6.19. The molecule has 1 fully saturated rings. The number of benzene rings is 1. The predicted octanol–water partition coefficient (Wildman–Crippen LogP) is 2.70. The standard InChI is InChI=1S/C18H21ClN2O5/c1-10-15(17(22)26-9-12-4-3-7-25-12)16(21-18(23)20-10)11-5-6-14(24-2)13(19)8-11/h5-6,8,12,16H,3-4,7,9H2,1-2H3,(H2,20,21,23)/t12-,16-/m0/s1. The van der Waals surface area contributed by atoms with E-state index in [4.69, 9.17) is 25.8 Å². The molecule has 0 saturated carbocycles. The van der Waals surface area contributed by atoms with E-state index in [9.17, 15) is 9.59 Å². The Bertz CT molecular complexity index is 743. The summed E-state index contributed by atoms with van der Waals surface area (Å²) in [6.45, 7) is 2.55. The molecule has 3 rings (SSSR count). The number of ether oxygens (including phenoxy) is 3. The zero-order chi connectivity index (χ0) is 18.7. The van der Waals surface area contributed by atoms with Crippen molar-refractivity contribution in [3.8, 4) is 5.75 Å². The van der Waals surface area contributed by atoms with Crippen molar-refractivity contribution in [1.82, 2.24) is 10.6 Å². The van der Waals surface area contributed by atoms with Crippen LogP contribution in [0.4, 0.5) is 4.79 Å². The first-order chi connectivity index (χ1) is 12.5. The summed E-state index contributed by atoms with van der Waals surface area (Å²) in [5, 5.41) is 5.75. The number of allylic oxidation sites excluding steroid dienone is 1. The normalized spacial score (nSPS) is 22.7.